The summed E-state index contributed by atoms with van der Waals surface area (Å²) >= 11 is 1.44. The van der Waals surface area contributed by atoms with E-state index in [1.165, 1.54) is 17.1 Å². The summed E-state index contributed by atoms with van der Waals surface area (Å²) in [6, 6.07) is 20.2. The average molecular weight is 394 g/mol. The van der Waals surface area contributed by atoms with Gasteiger partial charge in [-0.1, -0.05) is 60.7 Å². The molecule has 1 N–H and O–H groups in total. The lowest BCUT2D eigenvalue weighted by Crippen LogP contribution is -2.51. The molecule has 2 heterocycles. The van der Waals surface area contributed by atoms with Crippen LogP contribution in [0.3, 0.4) is 0 Å². The van der Waals surface area contributed by atoms with Crippen molar-refractivity contribution in [2.45, 2.75) is 13.0 Å². The first-order valence-corrected chi connectivity index (χ1v) is 10.2. The summed E-state index contributed by atoms with van der Waals surface area (Å²) in [5.41, 5.74) is 2.32. The Balaban J connectivity index is 1.26. The predicted molar refractivity (Wildman–Crippen MR) is 112 cm³/mol. The van der Waals surface area contributed by atoms with E-state index < -0.39 is 0 Å². The van der Waals surface area contributed by atoms with Crippen LogP contribution in [0.15, 0.2) is 60.7 Å². The summed E-state index contributed by atoms with van der Waals surface area (Å²) in [5.74, 6) is 0.856. The lowest BCUT2D eigenvalue weighted by Gasteiger charge is -2.34. The molecule has 0 saturated carbocycles. The third-order valence-electron chi connectivity index (χ3n) is 4.79. The molecule has 2 amide bonds. The van der Waals surface area contributed by atoms with Crippen molar-refractivity contribution in [1.29, 1.82) is 0 Å². The minimum Gasteiger partial charge on any atom is -0.343 e. The third-order valence-corrected chi connectivity index (χ3v) is 5.60. The Morgan fingerprint density at radius 2 is 1.57 bits per heavy atom. The van der Waals surface area contributed by atoms with E-state index in [1.807, 2.05) is 53.4 Å². The van der Waals surface area contributed by atoms with Crippen molar-refractivity contribution >= 4 is 22.7 Å². The van der Waals surface area contributed by atoms with E-state index in [9.17, 15) is 4.79 Å². The Hall–Kier alpha value is -2.93. The van der Waals surface area contributed by atoms with Crippen molar-refractivity contribution in [3.05, 3.63) is 77.6 Å². The third kappa shape index (κ3) is 4.67. The van der Waals surface area contributed by atoms with Gasteiger partial charge in [0.1, 0.15) is 5.82 Å². The fraction of sp³-hybridized carbons (Fsp3) is 0.286. The van der Waals surface area contributed by atoms with Crippen molar-refractivity contribution in [3.8, 4) is 0 Å². The second-order valence-electron chi connectivity index (χ2n) is 6.77. The Kier molecular flexibility index (Phi) is 5.82. The summed E-state index contributed by atoms with van der Waals surface area (Å²) in [7, 11) is 0. The summed E-state index contributed by atoms with van der Waals surface area (Å²) in [4.78, 5) is 21.2. The number of carbonyl (C=O) groups excluding carboxylic acids is 1. The van der Waals surface area contributed by atoms with Crippen molar-refractivity contribution in [2.24, 2.45) is 0 Å². The van der Waals surface area contributed by atoms with Gasteiger partial charge in [-0.2, -0.15) is 4.37 Å². The molecule has 7 heteroatoms. The molecule has 0 radical (unpaired) electrons. The second-order valence-corrected chi connectivity index (χ2v) is 7.50. The zero-order valence-electron chi connectivity index (χ0n) is 15.6. The van der Waals surface area contributed by atoms with Gasteiger partial charge in [0.05, 0.1) is 0 Å². The van der Waals surface area contributed by atoms with Gasteiger partial charge in [0.15, 0.2) is 0 Å². The van der Waals surface area contributed by atoms with Crippen molar-refractivity contribution in [2.75, 3.05) is 31.1 Å². The number of aromatic nitrogens is 2. The zero-order valence-corrected chi connectivity index (χ0v) is 16.4. The number of anilines is 1. The number of urea groups is 1. The number of nitrogens with one attached hydrogen (secondary N) is 1. The number of rotatable bonds is 5. The van der Waals surface area contributed by atoms with Gasteiger partial charge in [-0.15, -0.1) is 0 Å². The molecule has 1 aliphatic rings. The minimum atomic E-state index is -0.00877. The molecule has 0 bridgehead atoms. The maximum absolute atomic E-state index is 12.4. The first kappa shape index (κ1) is 18.4. The highest BCUT2D eigenvalue weighted by Crippen LogP contribution is 2.20. The molecule has 144 valence electrons. The molecule has 0 spiro atoms. The molecule has 1 aliphatic heterocycles. The fourth-order valence-corrected chi connectivity index (χ4v) is 3.95. The Labute approximate surface area is 169 Å². The summed E-state index contributed by atoms with van der Waals surface area (Å²) in [6.45, 7) is 3.49. The number of amides is 2. The molecule has 0 atom stereocenters. The van der Waals surface area contributed by atoms with E-state index in [1.54, 1.807) is 0 Å². The number of nitrogens with zero attached hydrogens (tertiary/aromatic N) is 4. The molecule has 3 aromatic rings. The maximum Gasteiger partial charge on any atom is 0.317 e. The van der Waals surface area contributed by atoms with Crippen LogP contribution >= 0.6 is 11.5 Å². The zero-order chi connectivity index (χ0) is 19.2. The van der Waals surface area contributed by atoms with E-state index in [4.69, 9.17) is 0 Å². The highest BCUT2D eigenvalue weighted by Gasteiger charge is 2.23. The SMILES string of the molecule is O=C(NCc1ccccc1)N1CCN(c2nc(Cc3ccccc3)ns2)CC1. The molecule has 1 aromatic heterocycles. The van der Waals surface area contributed by atoms with E-state index in [0.717, 1.165) is 36.0 Å². The standard InChI is InChI=1S/C21H23N5OS/c27-20(22-16-18-9-5-2-6-10-18)25-11-13-26(14-12-25)21-23-19(24-28-21)15-17-7-3-1-4-8-17/h1-10H,11-16H2,(H,22,27). The van der Waals surface area contributed by atoms with Gasteiger partial charge in [0.2, 0.25) is 5.13 Å². The fourth-order valence-electron chi connectivity index (χ4n) is 3.21. The summed E-state index contributed by atoms with van der Waals surface area (Å²) in [5, 5.41) is 3.94. The smallest absolute Gasteiger partial charge is 0.317 e. The molecule has 1 saturated heterocycles. The van der Waals surface area contributed by atoms with Crippen LogP contribution < -0.4 is 10.2 Å². The summed E-state index contributed by atoms with van der Waals surface area (Å²) < 4.78 is 4.50. The van der Waals surface area contributed by atoms with Gasteiger partial charge in [-0.05, 0) is 11.1 Å². The first-order valence-electron chi connectivity index (χ1n) is 9.46. The molecule has 28 heavy (non-hydrogen) atoms. The maximum atomic E-state index is 12.4. The van der Waals surface area contributed by atoms with Crippen LogP contribution in [0.4, 0.5) is 9.93 Å². The van der Waals surface area contributed by atoms with Gasteiger partial charge in [0.25, 0.3) is 0 Å². The topological polar surface area (TPSA) is 61.4 Å². The first-order chi connectivity index (χ1) is 13.8. The van der Waals surface area contributed by atoms with Gasteiger partial charge in [-0.3, -0.25) is 0 Å². The molecular weight excluding hydrogens is 370 g/mol. The van der Waals surface area contributed by atoms with Crippen LogP contribution in [0.1, 0.15) is 17.0 Å². The van der Waals surface area contributed by atoms with Crippen LogP contribution in [0, 0.1) is 0 Å². The van der Waals surface area contributed by atoms with Crippen LogP contribution in [0.5, 0.6) is 0 Å². The van der Waals surface area contributed by atoms with Crippen molar-refractivity contribution in [1.82, 2.24) is 19.6 Å². The quantitative estimate of drug-likeness (QED) is 0.723. The number of hydrogen-bond acceptors (Lipinski definition) is 5. The van der Waals surface area contributed by atoms with Crippen LogP contribution in [-0.2, 0) is 13.0 Å². The minimum absolute atomic E-state index is 0.00877. The highest BCUT2D eigenvalue weighted by atomic mass is 32.1. The van der Waals surface area contributed by atoms with E-state index in [2.05, 4.69) is 31.7 Å². The molecule has 6 nitrogen and oxygen atoms in total. The largest absolute Gasteiger partial charge is 0.343 e. The predicted octanol–water partition coefficient (Wildman–Crippen LogP) is 3.16. The molecule has 0 aliphatic carbocycles. The van der Waals surface area contributed by atoms with Crippen LogP contribution in [0.25, 0.3) is 0 Å². The van der Waals surface area contributed by atoms with Gasteiger partial charge in [0, 0.05) is 50.7 Å². The Morgan fingerprint density at radius 1 is 0.929 bits per heavy atom. The lowest BCUT2D eigenvalue weighted by molar-refractivity contribution is 0.194. The van der Waals surface area contributed by atoms with Crippen molar-refractivity contribution in [3.63, 3.8) is 0 Å². The number of benzene rings is 2. The van der Waals surface area contributed by atoms with Gasteiger partial charge in [-0.25, -0.2) is 9.78 Å². The molecular formula is C21H23N5OS. The van der Waals surface area contributed by atoms with Gasteiger partial charge < -0.3 is 15.1 Å². The molecule has 2 aromatic carbocycles. The van der Waals surface area contributed by atoms with Crippen LogP contribution in [-0.4, -0.2) is 46.5 Å². The number of carbonyl (C=O) groups is 1. The number of piperazine rings is 1. The molecule has 4 rings (SSSR count). The van der Waals surface area contributed by atoms with Crippen LogP contribution in [0.2, 0.25) is 0 Å². The Bertz CT molecular complexity index is 891. The second kappa shape index (κ2) is 8.84. The molecule has 1 fully saturated rings. The van der Waals surface area contributed by atoms with E-state index in [0.29, 0.717) is 19.6 Å². The monoisotopic (exact) mass is 393 g/mol. The average Bonchev–Trinajstić information content (AvgIpc) is 3.22. The molecule has 0 unspecified atom stereocenters. The highest BCUT2D eigenvalue weighted by molar-refractivity contribution is 7.09. The number of hydrogen-bond donors (Lipinski definition) is 1. The Morgan fingerprint density at radius 3 is 2.25 bits per heavy atom. The van der Waals surface area contributed by atoms with E-state index in [-0.39, 0.29) is 6.03 Å². The lowest BCUT2D eigenvalue weighted by atomic mass is 10.1. The normalized spacial score (nSPS) is 14.1. The summed E-state index contributed by atoms with van der Waals surface area (Å²) in [6.07, 6.45) is 0.749. The van der Waals surface area contributed by atoms with E-state index >= 15 is 0 Å². The van der Waals surface area contributed by atoms with Crippen molar-refractivity contribution < 1.29 is 4.79 Å². The van der Waals surface area contributed by atoms with Gasteiger partial charge >= 0.3 is 6.03 Å².